The highest BCUT2D eigenvalue weighted by Crippen LogP contribution is 2.26. The molecule has 1 N–H and O–H groups in total. The lowest BCUT2D eigenvalue weighted by Gasteiger charge is -2.24. The number of hydrogen-bond donors (Lipinski definition) is 1. The van der Waals surface area contributed by atoms with Crippen molar-refractivity contribution in [3.05, 3.63) is 62.7 Å². The molecular formula is C21H23IN2O3. The average Bonchev–Trinajstić information content (AvgIpc) is 3.13. The van der Waals surface area contributed by atoms with E-state index in [-0.39, 0.29) is 12.5 Å². The van der Waals surface area contributed by atoms with Gasteiger partial charge in [-0.1, -0.05) is 30.3 Å². The average molecular weight is 478 g/mol. The van der Waals surface area contributed by atoms with Gasteiger partial charge in [-0.25, -0.2) is 4.79 Å². The van der Waals surface area contributed by atoms with Gasteiger partial charge in [-0.15, -0.1) is 0 Å². The van der Waals surface area contributed by atoms with Crippen molar-refractivity contribution in [2.24, 2.45) is 0 Å². The van der Waals surface area contributed by atoms with Crippen LogP contribution in [0.15, 0.2) is 42.5 Å². The second-order valence-corrected chi connectivity index (χ2v) is 8.04. The van der Waals surface area contributed by atoms with Crippen molar-refractivity contribution in [3.63, 3.8) is 0 Å². The molecule has 2 aromatic rings. The van der Waals surface area contributed by atoms with Gasteiger partial charge in [-0.3, -0.25) is 9.69 Å². The van der Waals surface area contributed by atoms with Crippen LogP contribution in [-0.2, 0) is 16.1 Å². The fourth-order valence-corrected chi connectivity index (χ4v) is 4.31. The van der Waals surface area contributed by atoms with Crippen LogP contribution in [0.2, 0.25) is 0 Å². The van der Waals surface area contributed by atoms with E-state index >= 15 is 0 Å². The number of carbonyl (C=O) groups is 2. The molecular weight excluding hydrogens is 455 g/mol. The van der Waals surface area contributed by atoms with E-state index in [0.717, 1.165) is 32.4 Å². The molecule has 6 heteroatoms. The second-order valence-electron chi connectivity index (χ2n) is 6.80. The molecule has 2 amide bonds. The van der Waals surface area contributed by atoms with E-state index in [2.05, 4.69) is 27.9 Å². The molecule has 0 spiro atoms. The molecule has 5 nitrogen and oxygen atoms in total. The van der Waals surface area contributed by atoms with Gasteiger partial charge >= 0.3 is 6.09 Å². The van der Waals surface area contributed by atoms with Crippen LogP contribution in [0.4, 0.5) is 10.5 Å². The van der Waals surface area contributed by atoms with Crippen LogP contribution in [0.25, 0.3) is 0 Å². The van der Waals surface area contributed by atoms with Crippen molar-refractivity contribution in [2.75, 3.05) is 11.9 Å². The van der Waals surface area contributed by atoms with Gasteiger partial charge in [-0.2, -0.15) is 0 Å². The summed E-state index contributed by atoms with van der Waals surface area (Å²) in [5.41, 5.74) is 3.79. The molecule has 0 bridgehead atoms. The Kier molecular flexibility index (Phi) is 6.36. The molecule has 1 fully saturated rings. The predicted octanol–water partition coefficient (Wildman–Crippen LogP) is 4.65. The quantitative estimate of drug-likeness (QED) is 0.652. The lowest BCUT2D eigenvalue weighted by molar-refractivity contribution is -0.120. The second kappa shape index (κ2) is 8.73. The third kappa shape index (κ3) is 4.80. The molecule has 3 rings (SSSR count). The Hall–Kier alpha value is -2.09. The number of hydrogen-bond acceptors (Lipinski definition) is 3. The Morgan fingerprint density at radius 2 is 1.85 bits per heavy atom. The standard InChI is InChI=1S/C21H23IN2O3/c1-14-11-17(22)12-15(2)19(14)23-20(25)18-9-6-10-24(18)21(26)27-13-16-7-4-3-5-8-16/h3-5,7-8,11-12,18H,6,9-10,13H2,1-2H3,(H,23,25)/t18-/m0/s1. The summed E-state index contributed by atoms with van der Waals surface area (Å²) in [6.07, 6.45) is 1.00. The number of anilines is 1. The summed E-state index contributed by atoms with van der Waals surface area (Å²) in [5, 5.41) is 3.01. The number of halogens is 1. The maximum absolute atomic E-state index is 12.8. The van der Waals surface area contributed by atoms with Crippen LogP contribution in [0.3, 0.4) is 0 Å². The van der Waals surface area contributed by atoms with Crippen molar-refractivity contribution in [3.8, 4) is 0 Å². The van der Waals surface area contributed by atoms with Gasteiger partial charge in [0.25, 0.3) is 0 Å². The number of nitrogens with one attached hydrogen (secondary N) is 1. The summed E-state index contributed by atoms with van der Waals surface area (Å²) >= 11 is 2.26. The smallest absolute Gasteiger partial charge is 0.410 e. The van der Waals surface area contributed by atoms with Gasteiger partial charge in [0.1, 0.15) is 12.6 Å². The molecule has 0 radical (unpaired) electrons. The zero-order valence-electron chi connectivity index (χ0n) is 15.5. The Morgan fingerprint density at radius 1 is 1.19 bits per heavy atom. The van der Waals surface area contributed by atoms with Crippen molar-refractivity contribution in [2.45, 2.75) is 39.3 Å². The summed E-state index contributed by atoms with van der Waals surface area (Å²) in [7, 11) is 0. The molecule has 142 valence electrons. The summed E-state index contributed by atoms with van der Waals surface area (Å²) in [6, 6.07) is 13.1. The first kappa shape index (κ1) is 19.7. The Morgan fingerprint density at radius 3 is 2.52 bits per heavy atom. The Labute approximate surface area is 173 Å². The minimum absolute atomic E-state index is 0.156. The summed E-state index contributed by atoms with van der Waals surface area (Å²) < 4.78 is 6.54. The number of nitrogens with zero attached hydrogens (tertiary/aromatic N) is 1. The number of rotatable bonds is 4. The maximum Gasteiger partial charge on any atom is 0.410 e. The fourth-order valence-electron chi connectivity index (χ4n) is 3.37. The number of amides is 2. The molecule has 0 aromatic heterocycles. The topological polar surface area (TPSA) is 58.6 Å². The van der Waals surface area contributed by atoms with E-state index in [1.807, 2.05) is 56.3 Å². The van der Waals surface area contributed by atoms with Crippen LogP contribution < -0.4 is 5.32 Å². The van der Waals surface area contributed by atoms with Crippen LogP contribution in [0.5, 0.6) is 0 Å². The number of carbonyl (C=O) groups excluding carboxylic acids is 2. The van der Waals surface area contributed by atoms with Crippen LogP contribution in [-0.4, -0.2) is 29.5 Å². The third-order valence-electron chi connectivity index (χ3n) is 4.74. The zero-order chi connectivity index (χ0) is 19.4. The molecule has 27 heavy (non-hydrogen) atoms. The van der Waals surface area contributed by atoms with Crippen LogP contribution in [0, 0.1) is 17.4 Å². The van der Waals surface area contributed by atoms with Gasteiger partial charge < -0.3 is 10.1 Å². The Bertz CT molecular complexity index is 816. The molecule has 1 saturated heterocycles. The molecule has 0 aliphatic carbocycles. The largest absolute Gasteiger partial charge is 0.445 e. The van der Waals surface area contributed by atoms with Gasteiger partial charge in [0.2, 0.25) is 5.91 Å². The highest BCUT2D eigenvalue weighted by atomic mass is 127. The third-order valence-corrected chi connectivity index (χ3v) is 5.36. The number of aryl methyl sites for hydroxylation is 2. The number of likely N-dealkylation sites (tertiary alicyclic amines) is 1. The SMILES string of the molecule is Cc1cc(I)cc(C)c1NC(=O)[C@@H]1CCCN1C(=O)OCc1ccccc1. The maximum atomic E-state index is 12.8. The first-order valence-corrected chi connectivity index (χ1v) is 10.1. The van der Waals surface area contributed by atoms with Crippen molar-refractivity contribution in [1.82, 2.24) is 4.90 Å². The normalized spacial score (nSPS) is 16.3. The first-order chi connectivity index (χ1) is 13.0. The molecule has 1 atom stereocenters. The number of benzene rings is 2. The van der Waals surface area contributed by atoms with Crippen LogP contribution >= 0.6 is 22.6 Å². The summed E-state index contributed by atoms with van der Waals surface area (Å²) in [4.78, 5) is 26.9. The van der Waals surface area contributed by atoms with Crippen molar-refractivity contribution >= 4 is 40.3 Å². The molecule has 0 saturated carbocycles. The van der Waals surface area contributed by atoms with Gasteiger partial charge in [0, 0.05) is 15.8 Å². The lowest BCUT2D eigenvalue weighted by Crippen LogP contribution is -2.43. The van der Waals surface area contributed by atoms with E-state index in [1.54, 1.807) is 0 Å². The highest BCUT2D eigenvalue weighted by molar-refractivity contribution is 14.1. The molecule has 1 aliphatic rings. The van der Waals surface area contributed by atoms with Crippen LogP contribution in [0.1, 0.15) is 29.5 Å². The Balaban J connectivity index is 1.65. The van der Waals surface area contributed by atoms with E-state index in [4.69, 9.17) is 4.74 Å². The molecule has 1 heterocycles. The highest BCUT2D eigenvalue weighted by Gasteiger charge is 2.35. The van der Waals surface area contributed by atoms with Gasteiger partial charge in [-0.05, 0) is 78.1 Å². The minimum Gasteiger partial charge on any atom is -0.445 e. The molecule has 2 aromatic carbocycles. The molecule has 0 unspecified atom stereocenters. The van der Waals surface area contributed by atoms with E-state index in [0.29, 0.717) is 13.0 Å². The van der Waals surface area contributed by atoms with Gasteiger partial charge in [0.15, 0.2) is 0 Å². The fraction of sp³-hybridized carbons (Fsp3) is 0.333. The van der Waals surface area contributed by atoms with E-state index in [1.165, 1.54) is 4.90 Å². The van der Waals surface area contributed by atoms with Crippen molar-refractivity contribution in [1.29, 1.82) is 0 Å². The zero-order valence-corrected chi connectivity index (χ0v) is 17.7. The summed E-state index contributed by atoms with van der Waals surface area (Å²) in [6.45, 7) is 4.70. The number of ether oxygens (including phenoxy) is 1. The predicted molar refractivity (Wildman–Crippen MR) is 114 cm³/mol. The lowest BCUT2D eigenvalue weighted by atomic mass is 10.1. The summed E-state index contributed by atoms with van der Waals surface area (Å²) in [5.74, 6) is -0.156. The van der Waals surface area contributed by atoms with Gasteiger partial charge in [0.05, 0.1) is 0 Å². The van der Waals surface area contributed by atoms with E-state index in [9.17, 15) is 9.59 Å². The first-order valence-electron chi connectivity index (χ1n) is 9.00. The minimum atomic E-state index is -0.494. The molecule has 1 aliphatic heterocycles. The van der Waals surface area contributed by atoms with E-state index < -0.39 is 12.1 Å². The monoisotopic (exact) mass is 478 g/mol. The van der Waals surface area contributed by atoms with Crippen molar-refractivity contribution < 1.29 is 14.3 Å².